The van der Waals surface area contributed by atoms with E-state index in [0.717, 1.165) is 11.2 Å². The first-order valence-electron chi connectivity index (χ1n) is 16.6. The molecule has 0 spiro atoms. The van der Waals surface area contributed by atoms with Crippen molar-refractivity contribution in [2.75, 3.05) is 0 Å². The predicted octanol–water partition coefficient (Wildman–Crippen LogP) is 12.5. The Morgan fingerprint density at radius 2 is 0.939 bits per heavy atom. The number of para-hydroxylation sites is 3. The van der Waals surface area contributed by atoms with E-state index in [-0.39, 0.29) is 0 Å². The molecule has 0 N–H and O–H groups in total. The molecule has 0 amide bonds. The molecule has 3 nitrogen and oxygen atoms in total. The summed E-state index contributed by atoms with van der Waals surface area (Å²) in [6, 6.07) is 57.4. The van der Waals surface area contributed by atoms with Crippen LogP contribution in [0.5, 0.6) is 0 Å². The molecule has 0 radical (unpaired) electrons. The number of hydrogen-bond donors (Lipinski definition) is 0. The number of pyridine rings is 1. The molecule has 0 aliphatic carbocycles. The van der Waals surface area contributed by atoms with Gasteiger partial charge in [-0.2, -0.15) is 0 Å². The summed E-state index contributed by atoms with van der Waals surface area (Å²) in [5.74, 6) is 0. The minimum atomic E-state index is 1.03. The number of hydrogen-bond acceptors (Lipinski definition) is 2. The Balaban J connectivity index is 1.04. The zero-order valence-electron chi connectivity index (χ0n) is 26.3. The van der Waals surface area contributed by atoms with E-state index < -0.39 is 0 Å². The highest BCUT2D eigenvalue weighted by Crippen LogP contribution is 2.40. The predicted molar refractivity (Wildman–Crippen MR) is 209 cm³/mol. The summed E-state index contributed by atoms with van der Waals surface area (Å²) in [4.78, 5) is 4.88. The monoisotopic (exact) mass is 641 g/mol. The fourth-order valence-corrected chi connectivity index (χ4v) is 9.06. The van der Waals surface area contributed by atoms with Crippen LogP contribution in [0, 0.1) is 0 Å². The maximum absolute atomic E-state index is 4.88. The summed E-state index contributed by atoms with van der Waals surface area (Å²) in [7, 11) is 0. The molecule has 7 aromatic carbocycles. The van der Waals surface area contributed by atoms with Gasteiger partial charge in [0.15, 0.2) is 0 Å². The number of rotatable bonds is 3. The van der Waals surface area contributed by atoms with Crippen LogP contribution in [0.15, 0.2) is 164 Å². The summed E-state index contributed by atoms with van der Waals surface area (Å²) in [6.45, 7) is 0. The van der Waals surface area contributed by atoms with Crippen molar-refractivity contribution in [1.29, 1.82) is 0 Å². The first kappa shape index (κ1) is 26.8. The molecule has 11 rings (SSSR count). The third-order valence-corrected chi connectivity index (χ3v) is 11.3. The van der Waals surface area contributed by atoms with Gasteiger partial charge in [-0.25, -0.2) is 0 Å². The van der Waals surface area contributed by atoms with Gasteiger partial charge in [0.1, 0.15) is 0 Å². The first-order valence-corrected chi connectivity index (χ1v) is 17.4. The minimum absolute atomic E-state index is 1.03. The fourth-order valence-electron chi connectivity index (χ4n) is 7.97. The van der Waals surface area contributed by atoms with Crippen molar-refractivity contribution in [1.82, 2.24) is 14.1 Å². The normalized spacial score (nSPS) is 12.1. The van der Waals surface area contributed by atoms with Crippen LogP contribution in [0.4, 0.5) is 0 Å². The molecule has 11 aromatic rings. The lowest BCUT2D eigenvalue weighted by molar-refractivity contribution is 1.17. The number of benzene rings is 7. The summed E-state index contributed by atoms with van der Waals surface area (Å²) in [6.07, 6.45) is 2.03. The Morgan fingerprint density at radius 1 is 0.388 bits per heavy atom. The molecule has 49 heavy (non-hydrogen) atoms. The lowest BCUT2D eigenvalue weighted by atomic mass is 10.0. The lowest BCUT2D eigenvalue weighted by Gasteiger charge is -2.11. The summed E-state index contributed by atoms with van der Waals surface area (Å²) >= 11 is 1.81. The van der Waals surface area contributed by atoms with Gasteiger partial charge in [0, 0.05) is 60.0 Å². The highest BCUT2D eigenvalue weighted by atomic mass is 32.1. The van der Waals surface area contributed by atoms with E-state index in [9.17, 15) is 0 Å². The molecular weight excluding hydrogens is 615 g/mol. The Kier molecular flexibility index (Phi) is 5.54. The average Bonchev–Trinajstić information content (AvgIpc) is 3.82. The van der Waals surface area contributed by atoms with Gasteiger partial charge in [0.05, 0.1) is 32.3 Å². The smallest absolute Gasteiger partial charge is 0.0715 e. The van der Waals surface area contributed by atoms with E-state index in [1.807, 2.05) is 17.5 Å². The van der Waals surface area contributed by atoms with Crippen LogP contribution in [-0.4, -0.2) is 14.1 Å². The molecular formula is C45H27N3S. The Morgan fingerprint density at radius 3 is 1.65 bits per heavy atom. The quantitative estimate of drug-likeness (QED) is 0.188. The number of thiophene rings is 1. The number of aromatic nitrogens is 3. The van der Waals surface area contributed by atoms with Gasteiger partial charge in [-0.1, -0.05) is 97.1 Å². The molecule has 0 saturated heterocycles. The van der Waals surface area contributed by atoms with Gasteiger partial charge in [0.25, 0.3) is 0 Å². The third-order valence-electron chi connectivity index (χ3n) is 10.2. The summed E-state index contributed by atoms with van der Waals surface area (Å²) < 4.78 is 7.33. The topological polar surface area (TPSA) is 22.8 Å². The van der Waals surface area contributed by atoms with Gasteiger partial charge >= 0.3 is 0 Å². The molecule has 0 aliphatic heterocycles. The largest absolute Gasteiger partial charge is 0.309 e. The molecule has 0 aliphatic rings. The lowest BCUT2D eigenvalue weighted by Crippen LogP contribution is -1.96. The summed E-state index contributed by atoms with van der Waals surface area (Å²) in [5, 5.41) is 8.86. The fraction of sp³-hybridized carbons (Fsp3) is 0. The second-order valence-corrected chi connectivity index (χ2v) is 13.9. The molecule has 0 fully saturated rings. The van der Waals surface area contributed by atoms with Crippen molar-refractivity contribution >= 4 is 86.0 Å². The standard InChI is InChI=1S/C45H27N3S/c1-5-13-39-32(9-1)33-10-2-6-14-40(33)48(39)31-22-24-42-37(26-31)34-11-3-7-15-41(34)47(42)30-20-17-28(18-21-30)29-19-23-35-38(25-29)46-27-44-45(35)36-12-4-8-16-43(36)49-44/h1-27H. The van der Waals surface area contributed by atoms with E-state index in [1.54, 1.807) is 0 Å². The van der Waals surface area contributed by atoms with Crippen LogP contribution in [-0.2, 0) is 0 Å². The van der Waals surface area contributed by atoms with Gasteiger partial charge in [-0.05, 0) is 71.8 Å². The molecule has 0 saturated carbocycles. The van der Waals surface area contributed by atoms with Gasteiger partial charge < -0.3 is 9.13 Å². The highest BCUT2D eigenvalue weighted by molar-refractivity contribution is 7.26. The number of nitrogens with zero attached hydrogens (tertiary/aromatic N) is 3. The Labute approximate surface area is 285 Å². The SMILES string of the molecule is c1ccc2c(c1)sc1cnc3cc(-c4ccc(-n5c6ccccc6c6cc(-n7c8ccccc8c8ccccc87)ccc65)cc4)ccc3c12. The van der Waals surface area contributed by atoms with Crippen molar-refractivity contribution in [2.45, 2.75) is 0 Å². The van der Waals surface area contributed by atoms with Gasteiger partial charge in [0.2, 0.25) is 0 Å². The van der Waals surface area contributed by atoms with Crippen molar-refractivity contribution < 1.29 is 0 Å². The zero-order valence-corrected chi connectivity index (χ0v) is 27.2. The second-order valence-electron chi connectivity index (χ2n) is 12.8. The second kappa shape index (κ2) is 10.1. The maximum atomic E-state index is 4.88. The molecule has 0 bridgehead atoms. The maximum Gasteiger partial charge on any atom is 0.0715 e. The minimum Gasteiger partial charge on any atom is -0.309 e. The third kappa shape index (κ3) is 3.86. The highest BCUT2D eigenvalue weighted by Gasteiger charge is 2.17. The molecule has 228 valence electrons. The average molecular weight is 642 g/mol. The van der Waals surface area contributed by atoms with E-state index in [4.69, 9.17) is 4.98 Å². The number of fused-ring (bicyclic) bond motifs is 11. The molecule has 4 heterocycles. The van der Waals surface area contributed by atoms with E-state index in [1.165, 1.54) is 86.0 Å². The Bertz CT molecular complexity index is 3050. The first-order chi connectivity index (χ1) is 24.3. The van der Waals surface area contributed by atoms with Crippen molar-refractivity contribution in [2.24, 2.45) is 0 Å². The summed E-state index contributed by atoms with van der Waals surface area (Å²) in [5.41, 5.74) is 10.5. The Hall–Kier alpha value is -6.23. The van der Waals surface area contributed by atoms with Crippen molar-refractivity contribution in [3.8, 4) is 22.5 Å². The van der Waals surface area contributed by atoms with Crippen LogP contribution in [0.25, 0.3) is 97.2 Å². The van der Waals surface area contributed by atoms with Crippen LogP contribution >= 0.6 is 11.3 Å². The van der Waals surface area contributed by atoms with E-state index in [2.05, 4.69) is 167 Å². The van der Waals surface area contributed by atoms with Crippen LogP contribution in [0.3, 0.4) is 0 Å². The molecule has 4 heteroatoms. The van der Waals surface area contributed by atoms with Crippen LogP contribution in [0.1, 0.15) is 0 Å². The van der Waals surface area contributed by atoms with Crippen LogP contribution in [0.2, 0.25) is 0 Å². The molecule has 0 atom stereocenters. The molecule has 4 aromatic heterocycles. The van der Waals surface area contributed by atoms with Crippen molar-refractivity contribution in [3.05, 3.63) is 164 Å². The van der Waals surface area contributed by atoms with Crippen molar-refractivity contribution in [3.63, 3.8) is 0 Å². The van der Waals surface area contributed by atoms with E-state index in [0.29, 0.717) is 0 Å². The van der Waals surface area contributed by atoms with E-state index >= 15 is 0 Å². The van der Waals surface area contributed by atoms with Crippen LogP contribution < -0.4 is 0 Å². The van der Waals surface area contributed by atoms with Gasteiger partial charge in [-0.3, -0.25) is 4.98 Å². The molecule has 0 unspecified atom stereocenters. The zero-order chi connectivity index (χ0) is 32.1. The van der Waals surface area contributed by atoms with Gasteiger partial charge in [-0.15, -0.1) is 11.3 Å².